The fraction of sp³-hybridized carbons (Fsp3) is 0.375. The van der Waals surface area contributed by atoms with E-state index in [1.54, 1.807) is 6.07 Å². The number of rotatable bonds is 7. The maximum atomic E-state index is 6.16. The van der Waals surface area contributed by atoms with E-state index in [0.717, 1.165) is 41.0 Å². The second kappa shape index (κ2) is 8.34. The lowest BCUT2D eigenvalue weighted by Crippen LogP contribution is -2.18. The van der Waals surface area contributed by atoms with Gasteiger partial charge in [-0.3, -0.25) is 0 Å². The monoisotopic (exact) mass is 409 g/mol. The predicted octanol–water partition coefficient (Wildman–Crippen LogP) is 4.12. The van der Waals surface area contributed by atoms with E-state index in [0.29, 0.717) is 22.5 Å². The van der Waals surface area contributed by atoms with Crippen LogP contribution in [0, 0.1) is 0 Å². The Morgan fingerprint density at radius 2 is 2.23 bits per heavy atom. The van der Waals surface area contributed by atoms with E-state index < -0.39 is 0 Å². The Morgan fingerprint density at radius 3 is 3.08 bits per heavy atom. The molecule has 1 fully saturated rings. The van der Waals surface area contributed by atoms with Crippen LogP contribution in [0.1, 0.15) is 18.7 Å². The summed E-state index contributed by atoms with van der Waals surface area (Å²) in [6.07, 6.45) is 2.50. The molecule has 7 nitrogen and oxygen atoms in total. The summed E-state index contributed by atoms with van der Waals surface area (Å²) >= 11 is 9.17. The molecule has 136 valence electrons. The van der Waals surface area contributed by atoms with Crippen molar-refractivity contribution in [2.45, 2.75) is 29.0 Å². The fourth-order valence-corrected chi connectivity index (χ4v) is 4.35. The van der Waals surface area contributed by atoms with Gasteiger partial charge in [-0.2, -0.15) is 4.98 Å². The maximum Gasteiger partial charge on any atom is 0.237 e. The molecule has 0 saturated carbocycles. The van der Waals surface area contributed by atoms with Crippen LogP contribution in [0.2, 0.25) is 5.02 Å². The molecule has 1 N–H and O–H groups in total. The second-order valence-corrected chi connectivity index (χ2v) is 8.28. The lowest BCUT2D eigenvalue weighted by molar-refractivity contribution is 0.120. The number of ether oxygens (including phenoxy) is 1. The molecule has 0 spiro atoms. The topological polar surface area (TPSA) is 86.0 Å². The van der Waals surface area contributed by atoms with Crippen molar-refractivity contribution in [3.8, 4) is 11.4 Å². The number of hydrogen-bond donors (Lipinski definition) is 1. The highest BCUT2D eigenvalue weighted by Crippen LogP contribution is 2.30. The number of hydrogen-bond acceptors (Lipinski definition) is 9. The molecule has 1 aliphatic heterocycles. The van der Waals surface area contributed by atoms with Gasteiger partial charge in [0.25, 0.3) is 0 Å². The van der Waals surface area contributed by atoms with E-state index in [1.165, 1.54) is 23.1 Å². The van der Waals surface area contributed by atoms with E-state index in [1.807, 2.05) is 18.2 Å². The van der Waals surface area contributed by atoms with Crippen molar-refractivity contribution in [2.75, 3.05) is 18.5 Å². The van der Waals surface area contributed by atoms with Crippen LogP contribution < -0.4 is 5.32 Å². The van der Waals surface area contributed by atoms with E-state index in [-0.39, 0.29) is 6.10 Å². The number of anilines is 1. The third-order valence-corrected chi connectivity index (χ3v) is 6.14. The molecular formula is C16H16ClN5O2S2. The smallest absolute Gasteiger partial charge is 0.237 e. The van der Waals surface area contributed by atoms with Crippen LogP contribution in [0.4, 0.5) is 5.13 Å². The third-order valence-electron chi connectivity index (χ3n) is 3.81. The van der Waals surface area contributed by atoms with Crippen LogP contribution in [-0.4, -0.2) is 39.6 Å². The Hall–Kier alpha value is -1.68. The van der Waals surface area contributed by atoms with Gasteiger partial charge in [-0.25, -0.2) is 0 Å². The summed E-state index contributed by atoms with van der Waals surface area (Å²) in [6.45, 7) is 1.62. The summed E-state index contributed by atoms with van der Waals surface area (Å²) in [6, 6.07) is 7.41. The van der Waals surface area contributed by atoms with Gasteiger partial charge in [0.05, 0.1) is 16.9 Å². The average Bonchev–Trinajstić information content (AvgIpc) is 3.40. The minimum Gasteiger partial charge on any atom is -0.376 e. The normalized spacial score (nSPS) is 16.9. The van der Waals surface area contributed by atoms with Crippen molar-refractivity contribution < 1.29 is 9.26 Å². The summed E-state index contributed by atoms with van der Waals surface area (Å²) in [5.41, 5.74) is 0.755. The first-order chi connectivity index (χ1) is 12.8. The van der Waals surface area contributed by atoms with Crippen LogP contribution in [0.5, 0.6) is 0 Å². The lowest BCUT2D eigenvalue weighted by Gasteiger charge is -2.08. The van der Waals surface area contributed by atoms with Gasteiger partial charge in [0.1, 0.15) is 0 Å². The number of nitrogens with zero attached hydrogens (tertiary/aromatic N) is 4. The summed E-state index contributed by atoms with van der Waals surface area (Å²) in [4.78, 5) is 4.39. The van der Waals surface area contributed by atoms with Crippen LogP contribution in [0.25, 0.3) is 11.4 Å². The van der Waals surface area contributed by atoms with Crippen molar-refractivity contribution in [2.24, 2.45) is 0 Å². The molecule has 3 heterocycles. The predicted molar refractivity (Wildman–Crippen MR) is 102 cm³/mol. The largest absolute Gasteiger partial charge is 0.376 e. The SMILES string of the molecule is Clc1ccccc1-c1noc(CSc2nnc(NC[C@H]3CCCO3)s2)n1. The van der Waals surface area contributed by atoms with Gasteiger partial charge in [-0.05, 0) is 25.0 Å². The highest BCUT2D eigenvalue weighted by molar-refractivity contribution is 8.00. The molecule has 1 aliphatic rings. The second-order valence-electron chi connectivity index (χ2n) is 5.67. The van der Waals surface area contributed by atoms with Crippen molar-refractivity contribution in [3.05, 3.63) is 35.2 Å². The van der Waals surface area contributed by atoms with Gasteiger partial charge in [0.15, 0.2) is 4.34 Å². The molecule has 1 aromatic carbocycles. The van der Waals surface area contributed by atoms with Crippen molar-refractivity contribution in [3.63, 3.8) is 0 Å². The molecule has 1 saturated heterocycles. The first-order valence-electron chi connectivity index (χ1n) is 8.17. The summed E-state index contributed by atoms with van der Waals surface area (Å²) < 4.78 is 11.7. The Kier molecular flexibility index (Phi) is 5.68. The Labute approximate surface area is 163 Å². The first-order valence-corrected chi connectivity index (χ1v) is 10.4. The standard InChI is InChI=1S/C16H16ClN5O2S2/c17-12-6-2-1-5-11(12)14-19-13(24-22-14)9-25-16-21-20-15(26-16)18-8-10-4-3-7-23-10/h1-2,5-6,10H,3-4,7-9H2,(H,18,20)/t10-/m1/s1. The lowest BCUT2D eigenvalue weighted by atomic mass is 10.2. The molecular weight excluding hydrogens is 394 g/mol. The molecule has 0 aliphatic carbocycles. The van der Waals surface area contributed by atoms with E-state index in [9.17, 15) is 0 Å². The highest BCUT2D eigenvalue weighted by atomic mass is 35.5. The third kappa shape index (κ3) is 4.35. The summed E-state index contributed by atoms with van der Waals surface area (Å²) in [5.74, 6) is 1.54. The number of benzene rings is 1. The number of thioether (sulfide) groups is 1. The molecule has 2 aromatic heterocycles. The molecule has 0 unspecified atom stereocenters. The number of halogens is 1. The quantitative estimate of drug-likeness (QED) is 0.583. The Morgan fingerprint density at radius 1 is 1.31 bits per heavy atom. The van der Waals surface area contributed by atoms with Crippen LogP contribution in [0.3, 0.4) is 0 Å². The zero-order chi connectivity index (χ0) is 17.8. The molecule has 0 radical (unpaired) electrons. The zero-order valence-corrected chi connectivity index (χ0v) is 16.1. The van der Waals surface area contributed by atoms with Crippen molar-refractivity contribution >= 4 is 39.8 Å². The average molecular weight is 410 g/mol. The van der Waals surface area contributed by atoms with Gasteiger partial charge in [-0.1, -0.05) is 52.0 Å². The molecule has 0 amide bonds. The number of aromatic nitrogens is 4. The Balaban J connectivity index is 1.31. The Bertz CT molecular complexity index is 866. The minimum atomic E-state index is 0.275. The van der Waals surface area contributed by atoms with Gasteiger partial charge in [-0.15, -0.1) is 10.2 Å². The van der Waals surface area contributed by atoms with Crippen LogP contribution in [0.15, 0.2) is 33.1 Å². The van der Waals surface area contributed by atoms with Gasteiger partial charge in [0.2, 0.25) is 16.8 Å². The summed E-state index contributed by atoms with van der Waals surface area (Å²) in [7, 11) is 0. The number of nitrogens with one attached hydrogen (secondary N) is 1. The van der Waals surface area contributed by atoms with Gasteiger partial charge >= 0.3 is 0 Å². The van der Waals surface area contributed by atoms with E-state index in [4.69, 9.17) is 20.9 Å². The van der Waals surface area contributed by atoms with E-state index >= 15 is 0 Å². The molecule has 10 heteroatoms. The molecule has 1 atom stereocenters. The molecule has 0 bridgehead atoms. The van der Waals surface area contributed by atoms with Crippen molar-refractivity contribution in [1.29, 1.82) is 0 Å². The van der Waals surface area contributed by atoms with Crippen molar-refractivity contribution in [1.82, 2.24) is 20.3 Å². The molecule has 26 heavy (non-hydrogen) atoms. The molecule has 4 rings (SSSR count). The minimum absolute atomic E-state index is 0.275. The maximum absolute atomic E-state index is 6.16. The van der Waals surface area contributed by atoms with Crippen LogP contribution in [-0.2, 0) is 10.5 Å². The molecule has 3 aromatic rings. The van der Waals surface area contributed by atoms with Crippen LogP contribution >= 0.6 is 34.7 Å². The zero-order valence-electron chi connectivity index (χ0n) is 13.7. The highest BCUT2D eigenvalue weighted by Gasteiger charge is 2.16. The first kappa shape index (κ1) is 17.7. The fourth-order valence-electron chi connectivity index (χ4n) is 2.53. The van der Waals surface area contributed by atoms with Gasteiger partial charge in [0, 0.05) is 18.7 Å². The van der Waals surface area contributed by atoms with Gasteiger partial charge < -0.3 is 14.6 Å². The van der Waals surface area contributed by atoms with E-state index in [2.05, 4.69) is 25.7 Å². The summed E-state index contributed by atoms with van der Waals surface area (Å²) in [5, 5.41) is 17.0.